The highest BCUT2D eigenvalue weighted by atomic mass is 35.5. The highest BCUT2D eigenvalue weighted by Gasteiger charge is 2.08. The highest BCUT2D eigenvalue weighted by molar-refractivity contribution is 6.30. The van der Waals surface area contributed by atoms with Gasteiger partial charge in [-0.1, -0.05) is 59.2 Å². The molecule has 0 fully saturated rings. The molecule has 0 aliphatic rings. The van der Waals surface area contributed by atoms with E-state index in [1.807, 2.05) is 37.3 Å². The van der Waals surface area contributed by atoms with Crippen molar-refractivity contribution in [3.8, 4) is 0 Å². The van der Waals surface area contributed by atoms with Crippen molar-refractivity contribution in [1.82, 2.24) is 5.32 Å². The molecule has 0 spiro atoms. The third-order valence-corrected chi connectivity index (χ3v) is 4.39. The van der Waals surface area contributed by atoms with Crippen molar-refractivity contribution < 1.29 is 9.94 Å². The van der Waals surface area contributed by atoms with Gasteiger partial charge in [-0.15, -0.1) is 0 Å². The maximum Gasteiger partial charge on any atom is 0.144 e. The first kappa shape index (κ1) is 20.4. The SMILES string of the molecule is C/C(=N\OCC(O)CNC(C)CCc1ccccc1)c1ccc(Cl)cc1. The summed E-state index contributed by atoms with van der Waals surface area (Å²) in [7, 11) is 0. The van der Waals surface area contributed by atoms with E-state index in [0.29, 0.717) is 17.6 Å². The fraction of sp³-hybridized carbons (Fsp3) is 0.381. The van der Waals surface area contributed by atoms with Crippen LogP contribution in [0.25, 0.3) is 0 Å². The molecule has 0 saturated heterocycles. The lowest BCUT2D eigenvalue weighted by molar-refractivity contribution is 0.0391. The first-order valence-corrected chi connectivity index (χ1v) is 9.30. The Morgan fingerprint density at radius 1 is 1.15 bits per heavy atom. The summed E-state index contributed by atoms with van der Waals surface area (Å²) < 4.78 is 0. The van der Waals surface area contributed by atoms with Crippen LogP contribution in [0.4, 0.5) is 0 Å². The number of aliphatic hydroxyl groups is 1. The van der Waals surface area contributed by atoms with Crippen LogP contribution in [0.1, 0.15) is 31.4 Å². The van der Waals surface area contributed by atoms with Gasteiger partial charge in [0.2, 0.25) is 0 Å². The van der Waals surface area contributed by atoms with E-state index in [1.165, 1.54) is 5.56 Å². The first-order valence-electron chi connectivity index (χ1n) is 8.92. The zero-order valence-electron chi connectivity index (χ0n) is 15.4. The standard InChI is InChI=1S/C21H27ClN2O2/c1-16(8-9-18-6-4-3-5-7-18)23-14-21(25)15-26-24-17(2)19-10-12-20(22)13-11-19/h3-7,10-13,16,21,23,25H,8-9,14-15H2,1-2H3/b24-17+. The predicted octanol–water partition coefficient (Wildman–Crippen LogP) is 4.05. The number of aliphatic hydroxyl groups excluding tert-OH is 1. The molecule has 2 unspecified atom stereocenters. The van der Waals surface area contributed by atoms with Crippen LogP contribution < -0.4 is 5.32 Å². The number of oxime groups is 1. The molecule has 0 saturated carbocycles. The second-order valence-electron chi connectivity index (χ2n) is 6.47. The van der Waals surface area contributed by atoms with Crippen LogP contribution in [0.5, 0.6) is 0 Å². The third-order valence-electron chi connectivity index (χ3n) is 4.14. The van der Waals surface area contributed by atoms with E-state index in [0.717, 1.165) is 24.1 Å². The minimum Gasteiger partial charge on any atom is -0.393 e. The fourth-order valence-corrected chi connectivity index (χ4v) is 2.62. The molecular weight excluding hydrogens is 348 g/mol. The Bertz CT molecular complexity index is 674. The van der Waals surface area contributed by atoms with Crippen molar-refractivity contribution in [3.05, 3.63) is 70.7 Å². The molecule has 0 bridgehead atoms. The Balaban J connectivity index is 1.64. The Morgan fingerprint density at radius 3 is 2.54 bits per heavy atom. The van der Waals surface area contributed by atoms with E-state index in [9.17, 15) is 5.11 Å². The van der Waals surface area contributed by atoms with Crippen molar-refractivity contribution in [2.45, 2.75) is 38.8 Å². The molecule has 4 nitrogen and oxygen atoms in total. The number of rotatable bonds is 10. The third kappa shape index (κ3) is 7.56. The molecule has 0 radical (unpaired) electrons. The molecule has 0 aliphatic carbocycles. The fourth-order valence-electron chi connectivity index (χ4n) is 2.49. The lowest BCUT2D eigenvalue weighted by atomic mass is 10.1. The maximum absolute atomic E-state index is 10.0. The van der Waals surface area contributed by atoms with Gasteiger partial charge in [0.1, 0.15) is 12.7 Å². The Hall–Kier alpha value is -1.88. The van der Waals surface area contributed by atoms with Crippen molar-refractivity contribution >= 4 is 17.3 Å². The average molecular weight is 375 g/mol. The predicted molar refractivity (Wildman–Crippen MR) is 108 cm³/mol. The Morgan fingerprint density at radius 2 is 1.85 bits per heavy atom. The van der Waals surface area contributed by atoms with E-state index in [2.05, 4.69) is 41.7 Å². The van der Waals surface area contributed by atoms with E-state index in [-0.39, 0.29) is 6.61 Å². The van der Waals surface area contributed by atoms with Gasteiger partial charge >= 0.3 is 0 Å². The van der Waals surface area contributed by atoms with Crippen LogP contribution in [-0.2, 0) is 11.3 Å². The van der Waals surface area contributed by atoms with Crippen LogP contribution in [0.3, 0.4) is 0 Å². The van der Waals surface area contributed by atoms with Crippen LogP contribution in [0.15, 0.2) is 59.8 Å². The topological polar surface area (TPSA) is 53.9 Å². The molecule has 140 valence electrons. The van der Waals surface area contributed by atoms with Gasteiger partial charge in [0, 0.05) is 17.6 Å². The summed E-state index contributed by atoms with van der Waals surface area (Å²) in [5, 5.41) is 18.1. The number of halogens is 1. The average Bonchev–Trinajstić information content (AvgIpc) is 2.66. The van der Waals surface area contributed by atoms with Gasteiger partial charge in [-0.3, -0.25) is 0 Å². The van der Waals surface area contributed by atoms with Gasteiger partial charge < -0.3 is 15.3 Å². The molecule has 0 heterocycles. The zero-order valence-corrected chi connectivity index (χ0v) is 16.1. The lowest BCUT2D eigenvalue weighted by Crippen LogP contribution is -2.36. The summed E-state index contributed by atoms with van der Waals surface area (Å²) in [6.45, 7) is 4.62. The molecule has 2 N–H and O–H groups in total. The summed E-state index contributed by atoms with van der Waals surface area (Å²) in [6.07, 6.45) is 1.44. The minimum atomic E-state index is -0.601. The lowest BCUT2D eigenvalue weighted by Gasteiger charge is -2.16. The molecule has 2 rings (SSSR count). The molecule has 0 aliphatic heterocycles. The van der Waals surface area contributed by atoms with E-state index in [4.69, 9.17) is 16.4 Å². The number of aryl methyl sites for hydroxylation is 1. The summed E-state index contributed by atoms with van der Waals surface area (Å²) in [4.78, 5) is 5.27. The van der Waals surface area contributed by atoms with Gasteiger partial charge in [0.05, 0.1) is 5.71 Å². The van der Waals surface area contributed by atoms with E-state index in [1.54, 1.807) is 0 Å². The first-order chi connectivity index (χ1) is 12.5. The normalized spacial score (nSPS) is 14.1. The summed E-state index contributed by atoms with van der Waals surface area (Å²) in [5.41, 5.74) is 3.02. The number of nitrogens with one attached hydrogen (secondary N) is 1. The molecule has 26 heavy (non-hydrogen) atoms. The second-order valence-corrected chi connectivity index (χ2v) is 6.90. The Kier molecular flexibility index (Phi) is 8.62. The van der Waals surface area contributed by atoms with Crippen LogP contribution in [0.2, 0.25) is 5.02 Å². The highest BCUT2D eigenvalue weighted by Crippen LogP contribution is 2.10. The molecule has 2 atom stereocenters. The number of hydrogen-bond acceptors (Lipinski definition) is 4. The van der Waals surface area contributed by atoms with Gasteiger partial charge in [0.25, 0.3) is 0 Å². The number of benzene rings is 2. The summed E-state index contributed by atoms with van der Waals surface area (Å²) >= 11 is 5.87. The molecule has 0 aromatic heterocycles. The quantitative estimate of drug-likeness (QED) is 0.487. The molecular formula is C21H27ClN2O2. The van der Waals surface area contributed by atoms with Gasteiger partial charge in [-0.25, -0.2) is 0 Å². The molecule has 5 heteroatoms. The maximum atomic E-state index is 10.0. The van der Waals surface area contributed by atoms with Crippen LogP contribution in [0, 0.1) is 0 Å². The summed E-state index contributed by atoms with van der Waals surface area (Å²) in [6, 6.07) is 18.1. The molecule has 2 aromatic carbocycles. The number of hydrogen-bond donors (Lipinski definition) is 2. The molecule has 0 amide bonds. The summed E-state index contributed by atoms with van der Waals surface area (Å²) in [5.74, 6) is 0. The monoisotopic (exact) mass is 374 g/mol. The van der Waals surface area contributed by atoms with Crippen molar-refractivity contribution in [1.29, 1.82) is 0 Å². The minimum absolute atomic E-state index is 0.156. The largest absolute Gasteiger partial charge is 0.393 e. The van der Waals surface area contributed by atoms with E-state index >= 15 is 0 Å². The van der Waals surface area contributed by atoms with Crippen molar-refractivity contribution in [2.24, 2.45) is 5.16 Å². The van der Waals surface area contributed by atoms with Crippen molar-refractivity contribution in [2.75, 3.05) is 13.2 Å². The molecule has 2 aromatic rings. The number of nitrogens with zero attached hydrogens (tertiary/aromatic N) is 1. The second kappa shape index (κ2) is 11.0. The van der Waals surface area contributed by atoms with Gasteiger partial charge in [-0.05, 0) is 49.9 Å². The zero-order chi connectivity index (χ0) is 18.8. The smallest absolute Gasteiger partial charge is 0.144 e. The Labute approximate surface area is 160 Å². The van der Waals surface area contributed by atoms with E-state index < -0.39 is 6.10 Å². The van der Waals surface area contributed by atoms with Crippen molar-refractivity contribution in [3.63, 3.8) is 0 Å². The van der Waals surface area contributed by atoms with Crippen LogP contribution >= 0.6 is 11.6 Å². The van der Waals surface area contributed by atoms with Gasteiger partial charge in [-0.2, -0.15) is 0 Å². The van der Waals surface area contributed by atoms with Crippen LogP contribution in [-0.4, -0.2) is 36.1 Å². The van der Waals surface area contributed by atoms with Gasteiger partial charge in [0.15, 0.2) is 0 Å².